The van der Waals surface area contributed by atoms with E-state index in [1.165, 1.54) is 16.8 Å². The van der Waals surface area contributed by atoms with Crippen molar-refractivity contribution in [3.8, 4) is 0 Å². The topological polar surface area (TPSA) is 75.5 Å². The minimum atomic E-state index is -3.61. The smallest absolute Gasteiger partial charge is 0.262 e. The molecule has 0 atom stereocenters. The van der Waals surface area contributed by atoms with Gasteiger partial charge >= 0.3 is 0 Å². The third kappa shape index (κ3) is 5.12. The molecule has 0 bridgehead atoms. The molecule has 0 N–H and O–H groups in total. The van der Waals surface area contributed by atoms with Gasteiger partial charge in [-0.3, -0.25) is 4.79 Å². The van der Waals surface area contributed by atoms with Crippen LogP contribution in [0.2, 0.25) is 0 Å². The molecule has 1 aromatic carbocycles. The van der Waals surface area contributed by atoms with E-state index in [1.807, 2.05) is 30.3 Å². The molecule has 9 heteroatoms. The second kappa shape index (κ2) is 8.90. The quantitative estimate of drug-likeness (QED) is 0.682. The molecule has 0 spiro atoms. The number of nitrogens with zero attached hydrogens (tertiary/aromatic N) is 4. The van der Waals surface area contributed by atoms with E-state index in [0.29, 0.717) is 39.0 Å². The lowest BCUT2D eigenvalue weighted by molar-refractivity contribution is -0.130. The first-order chi connectivity index (χ1) is 13.0. The van der Waals surface area contributed by atoms with E-state index in [-0.39, 0.29) is 10.9 Å². The number of carbonyl (C=O) groups is 1. The standard InChI is InChI=1S/C18H24N4O3S2/c1-20-14-17(19-15-20)27(24,25)22-10-5-9-21(11-12-22)18(23)8-13-26-16-6-3-2-4-7-16/h2-4,6-7,14-15H,5,8-13H2,1H3. The highest BCUT2D eigenvalue weighted by Crippen LogP contribution is 2.19. The zero-order chi connectivity index (χ0) is 19.3. The molecule has 0 saturated carbocycles. The van der Waals surface area contributed by atoms with E-state index >= 15 is 0 Å². The van der Waals surface area contributed by atoms with Crippen LogP contribution in [0.4, 0.5) is 0 Å². The first-order valence-corrected chi connectivity index (χ1v) is 11.3. The van der Waals surface area contributed by atoms with Crippen molar-refractivity contribution in [2.75, 3.05) is 31.9 Å². The molecule has 0 radical (unpaired) electrons. The minimum Gasteiger partial charge on any atom is -0.341 e. The maximum atomic E-state index is 12.7. The molecule has 1 fully saturated rings. The lowest BCUT2D eigenvalue weighted by Gasteiger charge is -2.21. The van der Waals surface area contributed by atoms with E-state index in [1.54, 1.807) is 28.3 Å². The van der Waals surface area contributed by atoms with Crippen LogP contribution < -0.4 is 0 Å². The molecule has 3 rings (SSSR count). The van der Waals surface area contributed by atoms with Gasteiger partial charge in [-0.05, 0) is 18.6 Å². The van der Waals surface area contributed by atoms with E-state index < -0.39 is 10.0 Å². The molecular weight excluding hydrogens is 384 g/mol. The third-order valence-corrected chi connectivity index (χ3v) is 7.22. The normalized spacial score (nSPS) is 16.3. The van der Waals surface area contributed by atoms with E-state index in [9.17, 15) is 13.2 Å². The monoisotopic (exact) mass is 408 g/mol. The summed E-state index contributed by atoms with van der Waals surface area (Å²) < 4.78 is 28.5. The van der Waals surface area contributed by atoms with Crippen LogP contribution in [0.1, 0.15) is 12.8 Å². The fourth-order valence-corrected chi connectivity index (χ4v) is 5.27. The summed E-state index contributed by atoms with van der Waals surface area (Å²) in [5.74, 6) is 0.797. The minimum absolute atomic E-state index is 0.0593. The Balaban J connectivity index is 1.52. The van der Waals surface area contributed by atoms with Gasteiger partial charge in [-0.15, -0.1) is 11.8 Å². The van der Waals surface area contributed by atoms with Crippen molar-refractivity contribution in [1.29, 1.82) is 0 Å². The molecule has 2 aromatic rings. The van der Waals surface area contributed by atoms with Crippen molar-refractivity contribution in [3.05, 3.63) is 42.9 Å². The van der Waals surface area contributed by atoms with Crippen LogP contribution in [0.3, 0.4) is 0 Å². The molecule has 0 unspecified atom stereocenters. The summed E-state index contributed by atoms with van der Waals surface area (Å²) >= 11 is 1.66. The fraction of sp³-hybridized carbons (Fsp3) is 0.444. The van der Waals surface area contributed by atoms with Gasteiger partial charge in [0, 0.05) is 56.5 Å². The molecule has 2 heterocycles. The predicted molar refractivity (Wildman–Crippen MR) is 105 cm³/mol. The number of aromatic nitrogens is 2. The number of carbonyl (C=O) groups excluding carboxylic acids is 1. The van der Waals surface area contributed by atoms with Gasteiger partial charge in [0.15, 0.2) is 5.03 Å². The lowest BCUT2D eigenvalue weighted by atomic mass is 10.3. The van der Waals surface area contributed by atoms with Crippen molar-refractivity contribution >= 4 is 27.7 Å². The number of thioether (sulfide) groups is 1. The largest absolute Gasteiger partial charge is 0.341 e. The highest BCUT2D eigenvalue weighted by atomic mass is 32.2. The molecule has 1 amide bonds. The number of sulfonamides is 1. The lowest BCUT2D eigenvalue weighted by Crippen LogP contribution is -2.37. The van der Waals surface area contributed by atoms with E-state index in [0.717, 1.165) is 10.6 Å². The van der Waals surface area contributed by atoms with Crippen LogP contribution in [-0.4, -0.2) is 65.0 Å². The van der Waals surface area contributed by atoms with Gasteiger partial charge in [-0.2, -0.15) is 4.31 Å². The van der Waals surface area contributed by atoms with Crippen LogP contribution in [-0.2, 0) is 21.9 Å². The molecule has 0 aliphatic carbocycles. The summed E-state index contributed by atoms with van der Waals surface area (Å²) in [5.41, 5.74) is 0. The Hall–Kier alpha value is -1.84. The molecule has 27 heavy (non-hydrogen) atoms. The maximum Gasteiger partial charge on any atom is 0.262 e. The summed E-state index contributed by atoms with van der Waals surface area (Å²) in [4.78, 5) is 19.4. The Labute approximate surface area is 164 Å². The third-order valence-electron chi connectivity index (χ3n) is 4.42. The van der Waals surface area contributed by atoms with Crippen LogP contribution in [0.25, 0.3) is 0 Å². The van der Waals surface area contributed by atoms with Gasteiger partial charge in [0.2, 0.25) is 5.91 Å². The number of amides is 1. The van der Waals surface area contributed by atoms with Crippen LogP contribution in [0, 0.1) is 0 Å². The number of benzene rings is 1. The Bertz CT molecular complexity index is 868. The molecule has 7 nitrogen and oxygen atoms in total. The van der Waals surface area contributed by atoms with Crippen molar-refractivity contribution < 1.29 is 13.2 Å². The number of hydrogen-bond acceptors (Lipinski definition) is 5. The second-order valence-corrected chi connectivity index (χ2v) is 9.48. The van der Waals surface area contributed by atoms with Gasteiger partial charge in [0.05, 0.1) is 6.33 Å². The number of imidazole rings is 1. The summed E-state index contributed by atoms with van der Waals surface area (Å²) in [6.45, 7) is 1.71. The first kappa shape index (κ1) is 19.9. The fourth-order valence-electron chi connectivity index (χ4n) is 2.97. The van der Waals surface area contributed by atoms with Crippen LogP contribution in [0.15, 0.2) is 52.8 Å². The maximum absolute atomic E-state index is 12.7. The first-order valence-electron chi connectivity index (χ1n) is 8.90. The van der Waals surface area contributed by atoms with Crippen molar-refractivity contribution in [1.82, 2.24) is 18.8 Å². The van der Waals surface area contributed by atoms with Gasteiger partial charge < -0.3 is 9.47 Å². The predicted octanol–water partition coefficient (Wildman–Crippen LogP) is 1.83. The Kier molecular flexibility index (Phi) is 6.56. The van der Waals surface area contributed by atoms with Gasteiger partial charge in [-0.1, -0.05) is 18.2 Å². The average Bonchev–Trinajstić information content (AvgIpc) is 2.95. The highest BCUT2D eigenvalue weighted by molar-refractivity contribution is 7.99. The molecule has 1 aliphatic heterocycles. The van der Waals surface area contributed by atoms with Crippen molar-refractivity contribution in [2.24, 2.45) is 7.05 Å². The molecular formula is C18H24N4O3S2. The van der Waals surface area contributed by atoms with Crippen LogP contribution >= 0.6 is 11.8 Å². The summed E-state index contributed by atoms with van der Waals surface area (Å²) in [5, 5.41) is 0.0593. The molecule has 146 valence electrons. The van der Waals surface area contributed by atoms with Crippen molar-refractivity contribution in [2.45, 2.75) is 22.8 Å². The van der Waals surface area contributed by atoms with Gasteiger partial charge in [0.1, 0.15) is 0 Å². The average molecular weight is 409 g/mol. The zero-order valence-corrected chi connectivity index (χ0v) is 17.0. The summed E-state index contributed by atoms with van der Waals surface area (Å²) in [7, 11) is -1.87. The zero-order valence-electron chi connectivity index (χ0n) is 15.3. The van der Waals surface area contributed by atoms with Gasteiger partial charge in [0.25, 0.3) is 10.0 Å². The number of aryl methyl sites for hydroxylation is 1. The second-order valence-electron chi connectivity index (χ2n) is 6.43. The Morgan fingerprint density at radius 2 is 1.93 bits per heavy atom. The Morgan fingerprint density at radius 3 is 2.63 bits per heavy atom. The summed E-state index contributed by atoms with van der Waals surface area (Å²) in [6, 6.07) is 9.99. The molecule has 1 saturated heterocycles. The van der Waals surface area contributed by atoms with E-state index in [2.05, 4.69) is 4.98 Å². The Morgan fingerprint density at radius 1 is 1.15 bits per heavy atom. The number of hydrogen-bond donors (Lipinski definition) is 0. The van der Waals surface area contributed by atoms with Gasteiger partial charge in [-0.25, -0.2) is 13.4 Å². The molecule has 1 aliphatic rings. The highest BCUT2D eigenvalue weighted by Gasteiger charge is 2.29. The van der Waals surface area contributed by atoms with E-state index in [4.69, 9.17) is 0 Å². The molecule has 1 aromatic heterocycles. The number of rotatable bonds is 6. The van der Waals surface area contributed by atoms with Crippen LogP contribution in [0.5, 0.6) is 0 Å². The SMILES string of the molecule is Cn1cnc(S(=O)(=O)N2CCCN(C(=O)CCSc3ccccc3)CC2)c1. The summed E-state index contributed by atoms with van der Waals surface area (Å²) in [6.07, 6.45) is 4.06. The van der Waals surface area contributed by atoms with Crippen molar-refractivity contribution in [3.63, 3.8) is 0 Å².